The van der Waals surface area contributed by atoms with E-state index in [2.05, 4.69) is 5.32 Å². The molecule has 1 aliphatic heterocycles. The first kappa shape index (κ1) is 23.0. The van der Waals surface area contributed by atoms with Gasteiger partial charge in [0.15, 0.2) is 17.3 Å². The molecule has 1 amide bonds. The Morgan fingerprint density at radius 3 is 2.41 bits per heavy atom. The average Bonchev–Trinajstić information content (AvgIpc) is 3.11. The number of fused-ring (bicyclic) bond motifs is 3. The van der Waals surface area contributed by atoms with E-state index in [4.69, 9.17) is 14.2 Å². The standard InChI is InChI=1S/C25H23NO8/c1-12(27)19-15(28)10-18-25(2,23(19)30)21-16(29)9-17(33-4)20(22(21)34-18)24(31)26-11-13-5-7-14(32-3)8-6-13/h5-10,19,29H,11H2,1-4H3,(H,26,31)/t19?,25-/m1/s1. The van der Waals surface area contributed by atoms with Crippen LogP contribution in [-0.2, 0) is 26.3 Å². The van der Waals surface area contributed by atoms with Crippen LogP contribution in [0.3, 0.4) is 0 Å². The number of benzene rings is 2. The molecule has 0 saturated heterocycles. The minimum absolute atomic E-state index is 0.0119. The summed E-state index contributed by atoms with van der Waals surface area (Å²) in [4.78, 5) is 51.0. The molecular weight excluding hydrogens is 442 g/mol. The van der Waals surface area contributed by atoms with Crippen molar-refractivity contribution in [3.63, 3.8) is 0 Å². The molecule has 176 valence electrons. The average molecular weight is 465 g/mol. The molecule has 0 saturated carbocycles. The van der Waals surface area contributed by atoms with Gasteiger partial charge in [0.1, 0.15) is 45.7 Å². The number of ether oxygens (including phenoxy) is 3. The summed E-state index contributed by atoms with van der Waals surface area (Å²) in [6.07, 6.45) is 1.08. The lowest BCUT2D eigenvalue weighted by molar-refractivity contribution is -0.140. The number of carbonyl (C=O) groups excluding carboxylic acids is 4. The van der Waals surface area contributed by atoms with Crippen LogP contribution >= 0.6 is 0 Å². The third kappa shape index (κ3) is 3.40. The zero-order chi connectivity index (χ0) is 24.8. The smallest absolute Gasteiger partial charge is 0.259 e. The van der Waals surface area contributed by atoms with Crippen molar-refractivity contribution in [2.24, 2.45) is 5.92 Å². The lowest BCUT2D eigenvalue weighted by Gasteiger charge is -2.30. The van der Waals surface area contributed by atoms with Gasteiger partial charge in [-0.1, -0.05) is 12.1 Å². The Morgan fingerprint density at radius 2 is 1.82 bits per heavy atom. The molecule has 2 N–H and O–H groups in total. The Kier molecular flexibility index (Phi) is 5.64. The van der Waals surface area contributed by atoms with E-state index in [0.717, 1.165) is 18.6 Å². The van der Waals surface area contributed by atoms with Crippen LogP contribution in [0, 0.1) is 5.92 Å². The molecule has 1 aliphatic carbocycles. The Hall–Kier alpha value is -4.14. The van der Waals surface area contributed by atoms with Crippen molar-refractivity contribution in [1.82, 2.24) is 5.32 Å². The summed E-state index contributed by atoms with van der Waals surface area (Å²) in [6, 6.07) is 8.32. The molecule has 9 nitrogen and oxygen atoms in total. The third-order valence-electron chi connectivity index (χ3n) is 6.21. The number of carbonyl (C=O) groups is 4. The van der Waals surface area contributed by atoms with Crippen LogP contribution in [0.2, 0.25) is 0 Å². The highest BCUT2D eigenvalue weighted by molar-refractivity contribution is 6.27. The number of aromatic hydroxyl groups is 1. The fourth-order valence-electron chi connectivity index (χ4n) is 4.37. The predicted molar refractivity (Wildman–Crippen MR) is 119 cm³/mol. The van der Waals surface area contributed by atoms with Gasteiger partial charge in [0.05, 0.1) is 19.8 Å². The second-order valence-electron chi connectivity index (χ2n) is 8.25. The van der Waals surface area contributed by atoms with Gasteiger partial charge in [-0.05, 0) is 31.5 Å². The number of amides is 1. The van der Waals surface area contributed by atoms with Gasteiger partial charge in [0.2, 0.25) is 0 Å². The van der Waals surface area contributed by atoms with Crippen LogP contribution in [0.4, 0.5) is 0 Å². The topological polar surface area (TPSA) is 128 Å². The van der Waals surface area contributed by atoms with E-state index in [-0.39, 0.29) is 40.7 Å². The summed E-state index contributed by atoms with van der Waals surface area (Å²) in [5.74, 6) is -3.90. The lowest BCUT2D eigenvalue weighted by atomic mass is 9.67. The van der Waals surface area contributed by atoms with E-state index in [1.807, 2.05) is 0 Å². The van der Waals surface area contributed by atoms with Crippen molar-refractivity contribution in [2.75, 3.05) is 14.2 Å². The van der Waals surface area contributed by atoms with Gasteiger partial charge < -0.3 is 24.6 Å². The quantitative estimate of drug-likeness (QED) is 0.622. The molecule has 2 atom stereocenters. The molecule has 4 rings (SSSR count). The summed E-state index contributed by atoms with van der Waals surface area (Å²) in [6.45, 7) is 2.79. The number of rotatable bonds is 6. The fourth-order valence-corrected chi connectivity index (χ4v) is 4.37. The Labute approximate surface area is 195 Å². The zero-order valence-electron chi connectivity index (χ0n) is 19.1. The van der Waals surface area contributed by atoms with Gasteiger partial charge in [-0.2, -0.15) is 0 Å². The van der Waals surface area contributed by atoms with Crippen LogP contribution in [0.25, 0.3) is 0 Å². The number of phenolic OH excluding ortho intramolecular Hbond substituents is 1. The molecule has 34 heavy (non-hydrogen) atoms. The summed E-state index contributed by atoms with van der Waals surface area (Å²) in [5, 5.41) is 13.5. The van der Waals surface area contributed by atoms with Crippen LogP contribution in [0.5, 0.6) is 23.0 Å². The van der Waals surface area contributed by atoms with E-state index in [9.17, 15) is 24.3 Å². The van der Waals surface area contributed by atoms with Gasteiger partial charge in [-0.3, -0.25) is 19.2 Å². The lowest BCUT2D eigenvalue weighted by Crippen LogP contribution is -2.47. The van der Waals surface area contributed by atoms with Gasteiger partial charge in [0.25, 0.3) is 5.91 Å². The van der Waals surface area contributed by atoms with Crippen LogP contribution in [0.15, 0.2) is 42.2 Å². The van der Waals surface area contributed by atoms with Crippen LogP contribution in [0.1, 0.15) is 35.3 Å². The van der Waals surface area contributed by atoms with Gasteiger partial charge in [-0.15, -0.1) is 0 Å². The molecule has 0 radical (unpaired) electrons. The molecule has 2 aliphatic rings. The molecule has 0 fully saturated rings. The number of methoxy groups -OCH3 is 2. The fraction of sp³-hybridized carbons (Fsp3) is 0.280. The number of allylic oxidation sites excluding steroid dienone is 2. The second kappa shape index (κ2) is 8.33. The zero-order valence-corrected chi connectivity index (χ0v) is 19.1. The maximum atomic E-state index is 13.3. The van der Waals surface area contributed by atoms with Crippen LogP contribution < -0.4 is 19.5 Å². The van der Waals surface area contributed by atoms with Crippen molar-refractivity contribution >= 4 is 23.3 Å². The number of phenols is 1. The van der Waals surface area contributed by atoms with Gasteiger partial charge in [-0.25, -0.2) is 0 Å². The van der Waals surface area contributed by atoms with Crippen molar-refractivity contribution < 1.29 is 38.5 Å². The highest BCUT2D eigenvalue weighted by Gasteiger charge is 2.58. The molecule has 0 spiro atoms. The van der Waals surface area contributed by atoms with Crippen LogP contribution in [-0.4, -0.2) is 42.6 Å². The third-order valence-corrected chi connectivity index (χ3v) is 6.21. The molecule has 1 heterocycles. The van der Waals surface area contributed by atoms with E-state index < -0.39 is 34.6 Å². The minimum atomic E-state index is -1.61. The number of ketones is 3. The number of Topliss-reactive ketones (excluding diaryl/α,β-unsaturated/α-hetero) is 2. The van der Waals surface area contributed by atoms with E-state index in [0.29, 0.717) is 5.75 Å². The first-order valence-electron chi connectivity index (χ1n) is 10.5. The van der Waals surface area contributed by atoms with E-state index >= 15 is 0 Å². The number of nitrogens with one attached hydrogen (secondary N) is 1. The first-order valence-corrected chi connectivity index (χ1v) is 10.5. The molecule has 2 aromatic rings. The van der Waals surface area contributed by atoms with Gasteiger partial charge in [0, 0.05) is 18.7 Å². The van der Waals surface area contributed by atoms with E-state index in [1.165, 1.54) is 20.1 Å². The Balaban J connectivity index is 1.76. The Bertz CT molecular complexity index is 1260. The van der Waals surface area contributed by atoms with Crippen molar-refractivity contribution in [3.05, 3.63) is 58.9 Å². The summed E-state index contributed by atoms with van der Waals surface area (Å²) >= 11 is 0. The second-order valence-corrected chi connectivity index (χ2v) is 8.25. The molecule has 0 aromatic heterocycles. The van der Waals surface area contributed by atoms with Crippen molar-refractivity contribution in [3.8, 4) is 23.0 Å². The maximum absolute atomic E-state index is 13.3. The SMILES string of the molecule is COc1ccc(CNC(=O)c2c(OC)cc(O)c3c2OC2=CC(=O)C(C(C)=O)C(=O)[C@]23C)cc1. The summed E-state index contributed by atoms with van der Waals surface area (Å²) in [5.41, 5.74) is -0.836. The minimum Gasteiger partial charge on any atom is -0.507 e. The molecule has 2 aromatic carbocycles. The molecule has 1 unspecified atom stereocenters. The summed E-state index contributed by atoms with van der Waals surface area (Å²) < 4.78 is 16.3. The van der Waals surface area contributed by atoms with Gasteiger partial charge >= 0.3 is 0 Å². The first-order chi connectivity index (χ1) is 16.1. The number of hydrogen-bond acceptors (Lipinski definition) is 8. The highest BCUT2D eigenvalue weighted by Crippen LogP contribution is 2.56. The maximum Gasteiger partial charge on any atom is 0.259 e. The predicted octanol–water partition coefficient (Wildman–Crippen LogP) is 2.23. The normalized spacial score (nSPS) is 20.6. The van der Waals surface area contributed by atoms with E-state index in [1.54, 1.807) is 31.4 Å². The summed E-state index contributed by atoms with van der Waals surface area (Å²) in [7, 11) is 2.88. The Morgan fingerprint density at radius 1 is 1.15 bits per heavy atom. The monoisotopic (exact) mass is 465 g/mol. The largest absolute Gasteiger partial charge is 0.507 e. The van der Waals surface area contributed by atoms with Crippen molar-refractivity contribution in [1.29, 1.82) is 0 Å². The number of hydrogen-bond donors (Lipinski definition) is 2. The molecule has 9 heteroatoms. The molecular formula is C25H23NO8. The molecule has 0 bridgehead atoms. The van der Waals surface area contributed by atoms with Crippen molar-refractivity contribution in [2.45, 2.75) is 25.8 Å². The highest BCUT2D eigenvalue weighted by atomic mass is 16.5.